The fourth-order valence-electron chi connectivity index (χ4n) is 1.27. The van der Waals surface area contributed by atoms with E-state index in [1.54, 1.807) is 0 Å². The van der Waals surface area contributed by atoms with E-state index in [-0.39, 0.29) is 0 Å². The molecule has 3 N–H and O–H groups in total. The lowest BCUT2D eigenvalue weighted by Gasteiger charge is -2.21. The molecule has 0 aliphatic rings. The Morgan fingerprint density at radius 1 is 1.07 bits per heavy atom. The molecule has 0 aliphatic carbocycles. The summed E-state index contributed by atoms with van der Waals surface area (Å²) in [5.74, 6) is 0. The van der Waals surface area contributed by atoms with E-state index in [1.165, 1.54) is 0 Å². The molecule has 1 aromatic carbocycles. The van der Waals surface area contributed by atoms with Gasteiger partial charge in [-0.15, -0.1) is 0 Å². The lowest BCUT2D eigenvalue weighted by Crippen LogP contribution is -2.26. The van der Waals surface area contributed by atoms with Crippen LogP contribution in [0.2, 0.25) is 0 Å². The molecule has 0 unspecified atom stereocenters. The van der Waals surface area contributed by atoms with Gasteiger partial charge in [0.2, 0.25) is 0 Å². The maximum atomic E-state index is 12.2. The first-order valence-corrected chi connectivity index (χ1v) is 6.84. The second-order valence-electron chi connectivity index (χ2n) is 3.11. The van der Waals surface area contributed by atoms with Crippen LogP contribution in [0.25, 0.3) is 0 Å². The molecule has 0 bridgehead atoms. The third-order valence-electron chi connectivity index (χ3n) is 1.82. The lowest BCUT2D eigenvalue weighted by molar-refractivity contribution is 0.560. The molecule has 0 atom stereocenters. The van der Waals surface area contributed by atoms with E-state index in [1.807, 2.05) is 44.2 Å². The number of para-hydroxylation sites is 1. The van der Waals surface area contributed by atoms with Crippen LogP contribution in [0.4, 0.5) is 5.69 Å². The fourth-order valence-corrected chi connectivity index (χ4v) is 2.95. The van der Waals surface area contributed by atoms with Crippen LogP contribution in [-0.2, 0) is 4.57 Å². The summed E-state index contributed by atoms with van der Waals surface area (Å²) in [6.07, 6.45) is 0. The van der Waals surface area contributed by atoms with E-state index in [9.17, 15) is 4.57 Å². The quantitative estimate of drug-likeness (QED) is 0.653. The van der Waals surface area contributed by atoms with Gasteiger partial charge < -0.3 is 5.09 Å². The van der Waals surface area contributed by atoms with Gasteiger partial charge in [-0.25, -0.2) is 10.2 Å². The zero-order valence-electron chi connectivity index (χ0n) is 9.16. The predicted molar refractivity (Wildman–Crippen MR) is 65.0 cm³/mol. The van der Waals surface area contributed by atoms with Crippen molar-refractivity contribution in [2.75, 3.05) is 18.2 Å². The monoisotopic (exact) mass is 227 g/mol. The highest BCUT2D eigenvalue weighted by atomic mass is 31.2. The van der Waals surface area contributed by atoms with Gasteiger partial charge in [-0.05, 0) is 12.1 Å². The smallest absolute Gasteiger partial charge is 0.303 e. The largest absolute Gasteiger partial charge is 0.313 e. The van der Waals surface area contributed by atoms with Crippen LogP contribution in [-0.4, -0.2) is 13.1 Å². The highest BCUT2D eigenvalue weighted by Crippen LogP contribution is 2.35. The number of benzene rings is 1. The number of hydrogen-bond donors (Lipinski definition) is 3. The van der Waals surface area contributed by atoms with Crippen LogP contribution in [0.15, 0.2) is 30.3 Å². The van der Waals surface area contributed by atoms with Crippen molar-refractivity contribution in [1.29, 1.82) is 0 Å². The third-order valence-corrected chi connectivity index (χ3v) is 3.92. The van der Waals surface area contributed by atoms with Crippen molar-refractivity contribution in [3.8, 4) is 0 Å². The number of anilines is 1. The van der Waals surface area contributed by atoms with Gasteiger partial charge in [-0.2, -0.15) is 0 Å². The molecule has 0 amide bonds. The molecule has 4 nitrogen and oxygen atoms in total. The van der Waals surface area contributed by atoms with Gasteiger partial charge in [-0.3, -0.25) is 4.57 Å². The van der Waals surface area contributed by atoms with E-state index in [4.69, 9.17) is 0 Å². The molecule has 0 saturated heterocycles. The molecule has 1 rings (SSSR count). The predicted octanol–water partition coefficient (Wildman–Crippen LogP) is 2.43. The third kappa shape index (κ3) is 4.04. The highest BCUT2D eigenvalue weighted by molar-refractivity contribution is 7.61. The van der Waals surface area contributed by atoms with Crippen LogP contribution >= 0.6 is 7.59 Å². The topological polar surface area (TPSA) is 53.2 Å². The molecule has 0 fully saturated rings. The molecular weight excluding hydrogens is 209 g/mol. The maximum Gasteiger partial charge on any atom is 0.303 e. The molecule has 84 valence electrons. The Balaban J connectivity index is 2.71. The van der Waals surface area contributed by atoms with E-state index >= 15 is 0 Å². The van der Waals surface area contributed by atoms with Crippen molar-refractivity contribution in [3.05, 3.63) is 30.3 Å². The minimum Gasteiger partial charge on any atom is -0.313 e. The van der Waals surface area contributed by atoms with Crippen molar-refractivity contribution < 1.29 is 4.57 Å². The van der Waals surface area contributed by atoms with Crippen LogP contribution in [0.3, 0.4) is 0 Å². The normalized spacial score (nSPS) is 11.3. The van der Waals surface area contributed by atoms with Gasteiger partial charge in [0.25, 0.3) is 0 Å². The van der Waals surface area contributed by atoms with Crippen LogP contribution < -0.4 is 15.3 Å². The number of nitrogens with one attached hydrogen (secondary N) is 3. The average Bonchev–Trinajstić information content (AvgIpc) is 2.19. The van der Waals surface area contributed by atoms with Crippen molar-refractivity contribution >= 4 is 13.3 Å². The van der Waals surface area contributed by atoms with Gasteiger partial charge in [0.15, 0.2) is 0 Å². The minimum atomic E-state index is -2.69. The Labute approximate surface area is 91.0 Å². The van der Waals surface area contributed by atoms with E-state index in [2.05, 4.69) is 15.3 Å². The fraction of sp³-hybridized carbons (Fsp3) is 0.400. The van der Waals surface area contributed by atoms with Crippen molar-refractivity contribution in [2.24, 2.45) is 0 Å². The van der Waals surface area contributed by atoms with E-state index in [0.29, 0.717) is 13.1 Å². The molecular formula is C10H18N3OP. The zero-order chi connectivity index (χ0) is 11.1. The first-order valence-electron chi connectivity index (χ1n) is 5.14. The first kappa shape index (κ1) is 12.2. The Hall–Kier alpha value is -0.830. The van der Waals surface area contributed by atoms with E-state index in [0.717, 1.165) is 5.69 Å². The maximum absolute atomic E-state index is 12.2. The standard InChI is InChI=1S/C10H18N3OP/c1-3-11-15(14,12-4-2)13-10-8-6-5-7-9-10/h5-9H,3-4H2,1-2H3,(H3,11,12,13,14). The molecule has 0 saturated carbocycles. The molecule has 5 heteroatoms. The van der Waals surface area contributed by atoms with Gasteiger partial charge in [0, 0.05) is 18.8 Å². The SMILES string of the molecule is CCNP(=O)(NCC)Nc1ccccc1. The second kappa shape index (κ2) is 5.91. The number of hydrogen-bond acceptors (Lipinski definition) is 1. The Morgan fingerprint density at radius 3 is 2.07 bits per heavy atom. The van der Waals surface area contributed by atoms with Crippen molar-refractivity contribution in [3.63, 3.8) is 0 Å². The molecule has 0 aliphatic heterocycles. The van der Waals surface area contributed by atoms with Gasteiger partial charge >= 0.3 is 7.59 Å². The van der Waals surface area contributed by atoms with Crippen LogP contribution in [0.5, 0.6) is 0 Å². The molecule has 0 radical (unpaired) electrons. The summed E-state index contributed by atoms with van der Waals surface area (Å²) in [6.45, 7) is 5.17. The Bertz CT molecular complexity index is 319. The van der Waals surface area contributed by atoms with E-state index < -0.39 is 7.59 Å². The summed E-state index contributed by atoms with van der Waals surface area (Å²) in [6, 6.07) is 9.52. The first-order chi connectivity index (χ1) is 7.20. The second-order valence-corrected chi connectivity index (χ2v) is 5.19. The lowest BCUT2D eigenvalue weighted by atomic mass is 10.3. The Kier molecular flexibility index (Phi) is 4.82. The highest BCUT2D eigenvalue weighted by Gasteiger charge is 2.18. The van der Waals surface area contributed by atoms with Gasteiger partial charge in [-0.1, -0.05) is 32.0 Å². The molecule has 15 heavy (non-hydrogen) atoms. The molecule has 1 aromatic rings. The summed E-state index contributed by atoms with van der Waals surface area (Å²) < 4.78 is 12.2. The van der Waals surface area contributed by atoms with Crippen LogP contribution in [0.1, 0.15) is 13.8 Å². The average molecular weight is 227 g/mol. The van der Waals surface area contributed by atoms with Crippen molar-refractivity contribution in [2.45, 2.75) is 13.8 Å². The van der Waals surface area contributed by atoms with Gasteiger partial charge in [0.05, 0.1) is 0 Å². The summed E-state index contributed by atoms with van der Waals surface area (Å²) in [4.78, 5) is 0. The van der Waals surface area contributed by atoms with Gasteiger partial charge in [0.1, 0.15) is 0 Å². The number of rotatable bonds is 6. The molecule has 0 aromatic heterocycles. The summed E-state index contributed by atoms with van der Waals surface area (Å²) in [5.41, 5.74) is 0.850. The minimum absolute atomic E-state index is 0.657. The van der Waals surface area contributed by atoms with Crippen LogP contribution in [0, 0.1) is 0 Å². The van der Waals surface area contributed by atoms with Crippen molar-refractivity contribution in [1.82, 2.24) is 10.2 Å². The summed E-state index contributed by atoms with van der Waals surface area (Å²) in [5, 5.41) is 8.87. The molecule has 0 spiro atoms. The zero-order valence-corrected chi connectivity index (χ0v) is 10.1. The molecule has 0 heterocycles. The Morgan fingerprint density at radius 2 is 1.60 bits per heavy atom. The summed E-state index contributed by atoms with van der Waals surface area (Å²) in [7, 11) is -2.69. The summed E-state index contributed by atoms with van der Waals surface area (Å²) >= 11 is 0.